The second-order valence-electron chi connectivity index (χ2n) is 13.0. The van der Waals surface area contributed by atoms with Crippen LogP contribution >= 0.6 is 0 Å². The third-order valence-electron chi connectivity index (χ3n) is 9.69. The van der Waals surface area contributed by atoms with Crippen molar-refractivity contribution in [1.29, 1.82) is 0 Å². The number of benzene rings is 3. The van der Waals surface area contributed by atoms with E-state index in [9.17, 15) is 14.4 Å². The van der Waals surface area contributed by atoms with Gasteiger partial charge in [0.15, 0.2) is 0 Å². The highest BCUT2D eigenvalue weighted by Crippen LogP contribution is 2.44. The molecule has 2 aliphatic heterocycles. The minimum Gasteiger partial charge on any atom is -0.327 e. The molecule has 0 aromatic heterocycles. The lowest BCUT2D eigenvalue weighted by Crippen LogP contribution is -2.47. The number of rotatable bonds is 14. The summed E-state index contributed by atoms with van der Waals surface area (Å²) >= 11 is 0. The van der Waals surface area contributed by atoms with Crippen LogP contribution in [0.1, 0.15) is 70.9 Å². The van der Waals surface area contributed by atoms with E-state index in [1.54, 1.807) is 19.1 Å². The average molecular weight is 581 g/mol. The summed E-state index contributed by atoms with van der Waals surface area (Å²) in [5.41, 5.74) is 2.63. The van der Waals surface area contributed by atoms with Crippen molar-refractivity contribution in [2.45, 2.75) is 44.4 Å². The van der Waals surface area contributed by atoms with Crippen molar-refractivity contribution in [2.75, 3.05) is 53.4 Å². The van der Waals surface area contributed by atoms with Crippen LogP contribution in [0.2, 0.25) is 0 Å². The summed E-state index contributed by atoms with van der Waals surface area (Å²) in [4.78, 5) is 42.9. The molecule has 43 heavy (non-hydrogen) atoms. The number of hydrogen-bond acceptors (Lipinski definition) is 4. The van der Waals surface area contributed by atoms with Crippen LogP contribution in [0.25, 0.3) is 0 Å². The Labute approximate surface area is 256 Å². The molecule has 2 heterocycles. The van der Waals surface area contributed by atoms with Crippen molar-refractivity contribution in [2.24, 2.45) is 5.92 Å². The van der Waals surface area contributed by atoms with Gasteiger partial charge in [-0.1, -0.05) is 79.2 Å². The molecule has 0 saturated carbocycles. The number of amides is 2. The molecule has 1 atom stereocenters. The van der Waals surface area contributed by atoms with Gasteiger partial charge in [-0.25, -0.2) is 0 Å². The number of carbonyl (C=O) groups is 3. The van der Waals surface area contributed by atoms with E-state index >= 15 is 0 Å². The SMILES string of the molecule is CC(=O)C(c1ccccc1)(c1ccccc1)C1CCN(CCCCCC[N+](C)(C)CCN2C(=O)c3ccccc3C2=O)C1. The largest absolute Gasteiger partial charge is 0.327 e. The summed E-state index contributed by atoms with van der Waals surface area (Å²) in [5.74, 6) is 0.131. The summed E-state index contributed by atoms with van der Waals surface area (Å²) in [6.07, 6.45) is 5.63. The van der Waals surface area contributed by atoms with Gasteiger partial charge in [0.2, 0.25) is 0 Å². The van der Waals surface area contributed by atoms with Crippen molar-refractivity contribution >= 4 is 17.6 Å². The summed E-state index contributed by atoms with van der Waals surface area (Å²) in [6.45, 7) is 7.01. The molecule has 1 saturated heterocycles. The second kappa shape index (κ2) is 13.4. The van der Waals surface area contributed by atoms with Gasteiger partial charge in [0.1, 0.15) is 5.78 Å². The fourth-order valence-electron chi connectivity index (χ4n) is 7.28. The van der Waals surface area contributed by atoms with Crippen molar-refractivity contribution in [3.8, 4) is 0 Å². The van der Waals surface area contributed by atoms with Crippen molar-refractivity contribution in [1.82, 2.24) is 9.80 Å². The zero-order valence-electron chi connectivity index (χ0n) is 26.0. The lowest BCUT2D eigenvalue weighted by molar-refractivity contribution is -0.889. The standard InChI is InChI=1S/C37H46N3O3/c1-29(41)37(30-16-8-6-9-17-30,31-18-10-7-11-19-31)32-22-24-38(28-32)23-14-4-5-15-26-40(2,3)27-25-39-35(42)33-20-12-13-21-34(33)36(39)43/h6-13,16-21,32H,4-5,14-15,22-28H2,1-3H3/q+1. The van der Waals surface area contributed by atoms with Crippen LogP contribution in [0.3, 0.4) is 0 Å². The summed E-state index contributed by atoms with van der Waals surface area (Å²) in [5, 5.41) is 0. The van der Waals surface area contributed by atoms with Gasteiger partial charge in [0.05, 0.1) is 50.3 Å². The molecular formula is C37H46N3O3+. The molecule has 2 amide bonds. The van der Waals surface area contributed by atoms with Gasteiger partial charge in [0, 0.05) is 6.54 Å². The Bertz CT molecular complexity index is 1340. The molecule has 0 bridgehead atoms. The van der Waals surface area contributed by atoms with Crippen LogP contribution in [0.4, 0.5) is 0 Å². The highest BCUT2D eigenvalue weighted by atomic mass is 16.2. The van der Waals surface area contributed by atoms with Crippen molar-refractivity contribution in [3.63, 3.8) is 0 Å². The van der Waals surface area contributed by atoms with E-state index in [4.69, 9.17) is 0 Å². The van der Waals surface area contributed by atoms with Gasteiger partial charge in [-0.15, -0.1) is 0 Å². The lowest BCUT2D eigenvalue weighted by atomic mass is 9.63. The number of Topliss-reactive ketones (excluding diaryl/α,β-unsaturated/α-hetero) is 1. The molecule has 0 N–H and O–H groups in total. The number of unbranched alkanes of at least 4 members (excludes halogenated alkanes) is 3. The number of hydrogen-bond donors (Lipinski definition) is 0. The predicted octanol–water partition coefficient (Wildman–Crippen LogP) is 5.82. The zero-order chi connectivity index (χ0) is 30.5. The number of nitrogens with zero attached hydrogens (tertiary/aromatic N) is 3. The number of fused-ring (bicyclic) bond motifs is 1. The highest BCUT2D eigenvalue weighted by Gasteiger charge is 2.48. The smallest absolute Gasteiger partial charge is 0.261 e. The normalized spacial score (nSPS) is 17.5. The van der Waals surface area contributed by atoms with Crippen LogP contribution in [-0.2, 0) is 10.2 Å². The maximum absolute atomic E-state index is 13.5. The number of ketones is 1. The molecule has 0 spiro atoms. The van der Waals surface area contributed by atoms with Crippen LogP contribution in [0.15, 0.2) is 84.9 Å². The minimum atomic E-state index is -0.617. The second-order valence-corrected chi connectivity index (χ2v) is 13.0. The molecule has 1 fully saturated rings. The van der Waals surface area contributed by atoms with E-state index in [0.717, 1.165) is 74.0 Å². The van der Waals surface area contributed by atoms with Gasteiger partial charge in [-0.2, -0.15) is 0 Å². The fraction of sp³-hybridized carbons (Fsp3) is 0.432. The number of likely N-dealkylation sites (N-methyl/N-ethyl adjacent to an activating group) is 1. The van der Waals surface area contributed by atoms with E-state index < -0.39 is 5.41 Å². The van der Waals surface area contributed by atoms with Crippen molar-refractivity contribution in [3.05, 3.63) is 107 Å². The molecule has 226 valence electrons. The first-order valence-electron chi connectivity index (χ1n) is 15.9. The van der Waals surface area contributed by atoms with Gasteiger partial charge in [-0.05, 0) is 74.9 Å². The molecule has 0 radical (unpaired) electrons. The van der Waals surface area contributed by atoms with Crippen LogP contribution in [0, 0.1) is 5.92 Å². The molecule has 3 aromatic carbocycles. The Morgan fingerprint density at radius 1 is 0.744 bits per heavy atom. The van der Waals surface area contributed by atoms with Gasteiger partial charge >= 0.3 is 0 Å². The van der Waals surface area contributed by atoms with E-state index in [1.165, 1.54) is 11.3 Å². The van der Waals surface area contributed by atoms with Crippen LogP contribution in [0.5, 0.6) is 0 Å². The average Bonchev–Trinajstić information content (AvgIpc) is 3.58. The number of quaternary nitrogens is 1. The van der Waals surface area contributed by atoms with Crippen LogP contribution in [-0.4, -0.2) is 85.2 Å². The predicted molar refractivity (Wildman–Crippen MR) is 171 cm³/mol. The topological polar surface area (TPSA) is 57.7 Å². The molecule has 6 nitrogen and oxygen atoms in total. The Morgan fingerprint density at radius 3 is 1.84 bits per heavy atom. The number of imide groups is 1. The van der Waals surface area contributed by atoms with Crippen molar-refractivity contribution < 1.29 is 18.9 Å². The maximum Gasteiger partial charge on any atom is 0.261 e. The third-order valence-corrected chi connectivity index (χ3v) is 9.69. The molecule has 5 rings (SSSR count). The quantitative estimate of drug-likeness (QED) is 0.137. The first-order valence-corrected chi connectivity index (χ1v) is 15.9. The summed E-state index contributed by atoms with van der Waals surface area (Å²) in [7, 11) is 4.37. The molecule has 2 aliphatic rings. The first kappa shape index (κ1) is 30.8. The monoisotopic (exact) mass is 580 g/mol. The Kier molecular flexibility index (Phi) is 9.58. The summed E-state index contributed by atoms with van der Waals surface area (Å²) in [6, 6.07) is 27.8. The maximum atomic E-state index is 13.5. The third kappa shape index (κ3) is 6.51. The highest BCUT2D eigenvalue weighted by molar-refractivity contribution is 6.21. The zero-order valence-corrected chi connectivity index (χ0v) is 26.0. The fourth-order valence-corrected chi connectivity index (χ4v) is 7.28. The Balaban J connectivity index is 1.07. The molecule has 1 unspecified atom stereocenters. The van der Waals surface area contributed by atoms with E-state index in [1.807, 2.05) is 48.5 Å². The van der Waals surface area contributed by atoms with E-state index in [2.05, 4.69) is 43.3 Å². The Hall–Kier alpha value is -3.61. The van der Waals surface area contributed by atoms with Gasteiger partial charge in [-0.3, -0.25) is 19.3 Å². The lowest BCUT2D eigenvalue weighted by Gasteiger charge is -2.38. The van der Waals surface area contributed by atoms with E-state index in [-0.39, 0.29) is 23.5 Å². The molecule has 6 heteroatoms. The minimum absolute atomic E-state index is 0.169. The summed E-state index contributed by atoms with van der Waals surface area (Å²) < 4.78 is 0.785. The molecule has 0 aliphatic carbocycles. The number of likely N-dealkylation sites (tertiary alicyclic amines) is 1. The van der Waals surface area contributed by atoms with Crippen LogP contribution < -0.4 is 0 Å². The van der Waals surface area contributed by atoms with Gasteiger partial charge < -0.3 is 9.38 Å². The molecular weight excluding hydrogens is 534 g/mol. The Morgan fingerprint density at radius 2 is 1.28 bits per heavy atom. The van der Waals surface area contributed by atoms with Gasteiger partial charge in [0.25, 0.3) is 11.8 Å². The van der Waals surface area contributed by atoms with E-state index in [0.29, 0.717) is 17.7 Å². The number of carbonyl (C=O) groups excluding carboxylic acids is 3. The molecule has 3 aromatic rings. The first-order chi connectivity index (χ1) is 20.7.